The van der Waals surface area contributed by atoms with Gasteiger partial charge in [0.1, 0.15) is 0 Å². The molecule has 4 heterocycles. The fourth-order valence-electron chi connectivity index (χ4n) is 6.90. The van der Waals surface area contributed by atoms with Crippen LogP contribution in [-0.2, 0) is 12.8 Å². The zero-order valence-electron chi connectivity index (χ0n) is 25.4. The van der Waals surface area contributed by atoms with Gasteiger partial charge in [0.2, 0.25) is 11.5 Å². The Morgan fingerprint density at radius 1 is 0.745 bits per heavy atom. The number of carbonyl (C=O) groups excluding carboxylic acids is 2. The van der Waals surface area contributed by atoms with Crippen molar-refractivity contribution in [3.63, 3.8) is 0 Å². The lowest BCUT2D eigenvalue weighted by Crippen LogP contribution is -2.43. The molecule has 4 aliphatic heterocycles. The van der Waals surface area contributed by atoms with E-state index < -0.39 is 6.09 Å². The molecule has 4 aromatic rings. The van der Waals surface area contributed by atoms with Crippen molar-refractivity contribution < 1.29 is 38.7 Å². The van der Waals surface area contributed by atoms with E-state index >= 15 is 0 Å². The Morgan fingerprint density at radius 3 is 2.02 bits per heavy atom. The van der Waals surface area contributed by atoms with Crippen molar-refractivity contribution in [3.8, 4) is 23.0 Å². The minimum absolute atomic E-state index is 0.0292. The number of amides is 3. The van der Waals surface area contributed by atoms with Gasteiger partial charge in [0.15, 0.2) is 11.5 Å². The highest BCUT2D eigenvalue weighted by Gasteiger charge is 2.42. The van der Waals surface area contributed by atoms with E-state index in [0.29, 0.717) is 24.1 Å². The van der Waals surface area contributed by atoms with Crippen molar-refractivity contribution in [3.05, 3.63) is 95.1 Å². The molecule has 0 aromatic heterocycles. The van der Waals surface area contributed by atoms with Gasteiger partial charge in [0.05, 0.1) is 55.3 Å². The molecule has 0 fully saturated rings. The van der Waals surface area contributed by atoms with Gasteiger partial charge < -0.3 is 19.5 Å². The Morgan fingerprint density at radius 2 is 1.34 bits per heavy atom. The van der Waals surface area contributed by atoms with Gasteiger partial charge in [0, 0.05) is 36.1 Å². The summed E-state index contributed by atoms with van der Waals surface area (Å²) in [5, 5.41) is 10.2. The summed E-state index contributed by atoms with van der Waals surface area (Å²) in [5.74, 6) is -0.0430. The molecule has 0 saturated heterocycles. The summed E-state index contributed by atoms with van der Waals surface area (Å²) in [7, 11) is 2.85. The van der Waals surface area contributed by atoms with Crippen LogP contribution in [0.5, 0.6) is 23.0 Å². The fraction of sp³-hybridized carbons (Fsp3) is 0.200. The summed E-state index contributed by atoms with van der Waals surface area (Å²) in [6, 6.07) is 20.7. The first-order valence-electron chi connectivity index (χ1n) is 15.0. The smallest absolute Gasteiger partial charge is 0.411 e. The van der Waals surface area contributed by atoms with Gasteiger partial charge in [0.25, 0.3) is 11.8 Å². The van der Waals surface area contributed by atoms with Crippen LogP contribution in [0.4, 0.5) is 27.5 Å². The summed E-state index contributed by atoms with van der Waals surface area (Å²) >= 11 is 0. The number of hydrogen-bond donors (Lipinski definition) is 1. The van der Waals surface area contributed by atoms with Crippen molar-refractivity contribution >= 4 is 46.9 Å². The molecule has 0 bridgehead atoms. The van der Waals surface area contributed by atoms with Crippen LogP contribution < -0.4 is 33.9 Å². The van der Waals surface area contributed by atoms with Gasteiger partial charge in [-0.3, -0.25) is 34.2 Å². The second kappa shape index (κ2) is 10.8. The number of aliphatic imine (C=N–C) groups is 1. The molecule has 12 heteroatoms. The summed E-state index contributed by atoms with van der Waals surface area (Å²) in [4.78, 5) is 60.9. The van der Waals surface area contributed by atoms with E-state index in [0.717, 1.165) is 27.4 Å². The summed E-state index contributed by atoms with van der Waals surface area (Å²) in [6.07, 6.45) is 1.71. The average Bonchev–Trinajstić information content (AvgIpc) is 3.58. The van der Waals surface area contributed by atoms with Crippen LogP contribution in [0.1, 0.15) is 31.8 Å². The third kappa shape index (κ3) is 4.43. The molecule has 0 radical (unpaired) electrons. The largest absolute Gasteiger partial charge is 0.493 e. The number of carboxylic acid groups (broad SMARTS) is 1. The Hall–Kier alpha value is -6.04. The van der Waals surface area contributed by atoms with E-state index in [1.54, 1.807) is 28.1 Å². The van der Waals surface area contributed by atoms with E-state index in [1.165, 1.54) is 26.4 Å². The Kier molecular flexibility index (Phi) is 6.53. The van der Waals surface area contributed by atoms with Crippen molar-refractivity contribution in [2.45, 2.75) is 24.9 Å². The number of hydrogen-bond acceptors (Lipinski definition) is 8. The van der Waals surface area contributed by atoms with Crippen LogP contribution in [0.25, 0.3) is 0 Å². The van der Waals surface area contributed by atoms with Crippen molar-refractivity contribution in [2.24, 2.45) is 4.99 Å². The van der Waals surface area contributed by atoms with Crippen LogP contribution >= 0.6 is 0 Å². The quantitative estimate of drug-likeness (QED) is 0.228. The van der Waals surface area contributed by atoms with Gasteiger partial charge >= 0.3 is 6.09 Å². The number of methoxy groups -OCH3 is 2. The van der Waals surface area contributed by atoms with Crippen LogP contribution in [0.15, 0.2) is 77.8 Å². The molecule has 3 amide bonds. The zero-order valence-corrected chi connectivity index (χ0v) is 25.4. The lowest BCUT2D eigenvalue weighted by atomic mass is 10.1. The third-order valence-corrected chi connectivity index (χ3v) is 9.07. The fourth-order valence-corrected chi connectivity index (χ4v) is 6.90. The molecule has 236 valence electrons. The van der Waals surface area contributed by atoms with Gasteiger partial charge in [-0.05, 0) is 41.8 Å². The highest BCUT2D eigenvalue weighted by Crippen LogP contribution is 2.44. The molecule has 4 aliphatic rings. The van der Waals surface area contributed by atoms with Crippen LogP contribution in [-0.4, -0.2) is 62.1 Å². The molecule has 2 atom stereocenters. The normalized spacial score (nSPS) is 18.6. The number of fused-ring (bicyclic) bond motifs is 8. The van der Waals surface area contributed by atoms with Gasteiger partial charge in [-0.1, -0.05) is 36.4 Å². The minimum atomic E-state index is -1.22. The van der Waals surface area contributed by atoms with Crippen molar-refractivity contribution in [1.82, 2.24) is 0 Å². The number of rotatable bonds is 5. The first-order valence-corrected chi connectivity index (χ1v) is 15.0. The van der Waals surface area contributed by atoms with E-state index in [1.807, 2.05) is 48.5 Å². The number of benzene rings is 4. The van der Waals surface area contributed by atoms with E-state index in [2.05, 4.69) is 4.99 Å². The molecular weight excluding hydrogens is 604 g/mol. The van der Waals surface area contributed by atoms with Crippen LogP contribution in [0, 0.1) is 0 Å². The van der Waals surface area contributed by atoms with Gasteiger partial charge in [-0.2, -0.15) is 0 Å². The first kappa shape index (κ1) is 28.4. The Labute approximate surface area is 268 Å². The molecule has 47 heavy (non-hydrogen) atoms. The average molecular weight is 633 g/mol. The van der Waals surface area contributed by atoms with Crippen molar-refractivity contribution in [1.29, 1.82) is 0 Å². The highest BCUT2D eigenvalue weighted by molar-refractivity contribution is 6.15. The zero-order chi connectivity index (χ0) is 32.4. The van der Waals surface area contributed by atoms with E-state index in [4.69, 9.17) is 19.2 Å². The van der Waals surface area contributed by atoms with E-state index in [-0.39, 0.29) is 64.7 Å². The number of para-hydroxylation sites is 2. The third-order valence-electron chi connectivity index (χ3n) is 9.07. The minimum Gasteiger partial charge on any atom is -0.493 e. The molecule has 0 aliphatic carbocycles. The predicted octanol–water partition coefficient (Wildman–Crippen LogP) is 5.43. The molecule has 0 spiro atoms. The second-order valence-electron chi connectivity index (χ2n) is 11.6. The first-order chi connectivity index (χ1) is 22.9. The van der Waals surface area contributed by atoms with Crippen LogP contribution in [0.3, 0.4) is 0 Å². The number of nitrogens with zero attached hydrogens (tertiary/aromatic N) is 4. The van der Waals surface area contributed by atoms with Crippen LogP contribution in [0.2, 0.25) is 0 Å². The topological polar surface area (TPSA) is 130 Å². The lowest BCUT2D eigenvalue weighted by molar-refractivity contribution is -0.103. The summed E-state index contributed by atoms with van der Waals surface area (Å²) < 4.78 is 11.1. The number of ether oxygens (including phenoxy) is 2. The molecule has 8 rings (SSSR count). The highest BCUT2D eigenvalue weighted by atomic mass is 17.2. The van der Waals surface area contributed by atoms with Crippen molar-refractivity contribution in [2.75, 3.05) is 35.5 Å². The maximum Gasteiger partial charge on any atom is 0.411 e. The molecule has 1 N–H and O–H groups in total. The second-order valence-corrected chi connectivity index (χ2v) is 11.6. The maximum absolute atomic E-state index is 13.9. The molecule has 0 saturated carbocycles. The SMILES string of the molecule is COc1cc2c(cc1OOc1cc3c(cc1OC)C(=O)N1c4ccccc4C[C@H]1CN3C(=O)O)N=C[C@@H]1Cc3ccccc3N1C2=O. The summed E-state index contributed by atoms with van der Waals surface area (Å²) in [5.41, 5.74) is 4.65. The molecule has 4 aromatic carbocycles. The molecule has 12 nitrogen and oxygen atoms in total. The Balaban J connectivity index is 1.13. The van der Waals surface area contributed by atoms with E-state index in [9.17, 15) is 19.5 Å². The van der Waals surface area contributed by atoms with Gasteiger partial charge in [-0.15, -0.1) is 0 Å². The summed E-state index contributed by atoms with van der Waals surface area (Å²) in [6.45, 7) is 0.0581. The predicted molar refractivity (Wildman–Crippen MR) is 172 cm³/mol. The monoisotopic (exact) mass is 632 g/mol. The Bertz CT molecular complexity index is 2030. The number of carbonyl (C=O) groups is 3. The van der Waals surface area contributed by atoms with Gasteiger partial charge in [-0.25, -0.2) is 4.79 Å². The molecule has 0 unspecified atom stereocenters. The number of anilines is 3. The lowest BCUT2D eigenvalue weighted by Gasteiger charge is -2.24. The standard InChI is InChI=1S/C35H28N4O8/c1-44-29-13-23-25(36-17-21-11-19-7-3-5-9-26(19)38(21)33(23)40)15-31(29)46-47-32-16-28-24(14-30(32)45-2)34(41)39-22(18-37(28)35(42)43)12-20-8-4-6-10-27(20)39/h3-10,13-17,21-22H,11-12,18H2,1-2H3,(H,42,43)/t21-,22-/m0/s1. The molecular formula is C35H28N4O8. The maximum atomic E-state index is 13.9.